The molecule has 0 aliphatic rings. The minimum absolute atomic E-state index is 0.0108. The summed E-state index contributed by atoms with van der Waals surface area (Å²) in [5.41, 5.74) is 7.10. The maximum absolute atomic E-state index is 13.1. The zero-order valence-electron chi connectivity index (χ0n) is 16.1. The third-order valence-corrected chi connectivity index (χ3v) is 4.50. The van der Waals surface area contributed by atoms with Gasteiger partial charge in [0.15, 0.2) is 0 Å². The van der Waals surface area contributed by atoms with Crippen LogP contribution in [0.5, 0.6) is 0 Å². The fourth-order valence-electron chi connectivity index (χ4n) is 3.12. The topological polar surface area (TPSA) is 98.5 Å². The molecule has 0 saturated heterocycles. The Morgan fingerprint density at radius 3 is 1.89 bits per heavy atom. The summed E-state index contributed by atoms with van der Waals surface area (Å²) < 4.78 is 4.93. The molecule has 148 valence electrons. The van der Waals surface area contributed by atoms with Crippen molar-refractivity contribution in [3.8, 4) is 0 Å². The third-order valence-electron chi connectivity index (χ3n) is 4.50. The number of carbonyl (C=O) groups is 3. The fourth-order valence-corrected chi connectivity index (χ4v) is 3.12. The van der Waals surface area contributed by atoms with Crippen LogP contribution in [0.3, 0.4) is 0 Å². The first-order valence-electron chi connectivity index (χ1n) is 9.29. The number of carbonyl (C=O) groups excluding carboxylic acids is 3. The largest absolute Gasteiger partial charge is 0.466 e. The van der Waals surface area contributed by atoms with Gasteiger partial charge in [0.05, 0.1) is 18.9 Å². The van der Waals surface area contributed by atoms with Gasteiger partial charge in [-0.25, -0.2) is 0 Å². The van der Waals surface area contributed by atoms with Crippen LogP contribution in [0.2, 0.25) is 0 Å². The van der Waals surface area contributed by atoms with Gasteiger partial charge in [-0.15, -0.1) is 0 Å². The van der Waals surface area contributed by atoms with Crippen molar-refractivity contribution in [1.29, 1.82) is 0 Å². The van der Waals surface area contributed by atoms with Crippen LogP contribution in [0.1, 0.15) is 37.3 Å². The zero-order chi connectivity index (χ0) is 20.5. The number of primary amides is 1. The molecule has 2 rings (SSSR count). The first-order chi connectivity index (χ1) is 13.4. The van der Waals surface area contributed by atoms with Crippen molar-refractivity contribution in [2.24, 2.45) is 11.7 Å². The van der Waals surface area contributed by atoms with Crippen molar-refractivity contribution in [2.75, 3.05) is 6.61 Å². The molecule has 0 heterocycles. The maximum atomic E-state index is 13.1. The van der Waals surface area contributed by atoms with Crippen LogP contribution in [-0.2, 0) is 19.1 Å². The molecule has 0 spiro atoms. The smallest absolute Gasteiger partial charge is 0.306 e. The number of hydrogen-bond acceptors (Lipinski definition) is 4. The molecule has 0 unspecified atom stereocenters. The molecule has 28 heavy (non-hydrogen) atoms. The van der Waals surface area contributed by atoms with E-state index in [0.29, 0.717) is 0 Å². The summed E-state index contributed by atoms with van der Waals surface area (Å²) in [6.45, 7) is 3.65. The van der Waals surface area contributed by atoms with E-state index in [1.807, 2.05) is 60.7 Å². The van der Waals surface area contributed by atoms with Crippen LogP contribution in [0, 0.1) is 5.92 Å². The monoisotopic (exact) mass is 382 g/mol. The van der Waals surface area contributed by atoms with E-state index in [2.05, 4.69) is 5.32 Å². The molecular weight excluding hydrogens is 356 g/mol. The molecule has 0 radical (unpaired) electrons. The van der Waals surface area contributed by atoms with Crippen LogP contribution < -0.4 is 11.1 Å². The maximum Gasteiger partial charge on any atom is 0.306 e. The van der Waals surface area contributed by atoms with Gasteiger partial charge in [0, 0.05) is 0 Å². The van der Waals surface area contributed by atoms with Crippen LogP contribution >= 0.6 is 0 Å². The minimum Gasteiger partial charge on any atom is -0.466 e. The van der Waals surface area contributed by atoms with E-state index in [9.17, 15) is 14.4 Å². The number of esters is 1. The number of hydrogen-bond donors (Lipinski definition) is 2. The van der Waals surface area contributed by atoms with Gasteiger partial charge in [-0.05, 0) is 24.0 Å². The molecule has 0 bridgehead atoms. The Hall–Kier alpha value is -3.15. The van der Waals surface area contributed by atoms with Crippen LogP contribution in [-0.4, -0.2) is 30.4 Å². The molecule has 2 amide bonds. The Labute approximate surface area is 165 Å². The van der Waals surface area contributed by atoms with E-state index in [4.69, 9.17) is 10.5 Å². The van der Waals surface area contributed by atoms with Crippen LogP contribution in [0.4, 0.5) is 0 Å². The van der Waals surface area contributed by atoms with Gasteiger partial charge < -0.3 is 15.8 Å². The summed E-state index contributed by atoms with van der Waals surface area (Å²) in [5.74, 6) is -2.56. The van der Waals surface area contributed by atoms with E-state index < -0.39 is 29.8 Å². The lowest BCUT2D eigenvalue weighted by atomic mass is 9.89. The number of rotatable bonds is 9. The molecular formula is C22H26N2O4. The molecule has 6 nitrogen and oxygen atoms in total. The first kappa shape index (κ1) is 21.2. The average Bonchev–Trinajstić information content (AvgIpc) is 2.68. The van der Waals surface area contributed by atoms with Crippen molar-refractivity contribution in [3.05, 3.63) is 71.8 Å². The van der Waals surface area contributed by atoms with Gasteiger partial charge in [0.1, 0.15) is 6.04 Å². The van der Waals surface area contributed by atoms with Gasteiger partial charge in [0.25, 0.3) is 0 Å². The van der Waals surface area contributed by atoms with Crippen molar-refractivity contribution in [3.63, 3.8) is 0 Å². The lowest BCUT2D eigenvalue weighted by Gasteiger charge is -2.25. The number of amides is 2. The van der Waals surface area contributed by atoms with Crippen molar-refractivity contribution >= 4 is 17.8 Å². The third kappa shape index (κ3) is 5.67. The lowest BCUT2D eigenvalue weighted by molar-refractivity contribution is -0.144. The highest BCUT2D eigenvalue weighted by Crippen LogP contribution is 2.25. The highest BCUT2D eigenvalue weighted by atomic mass is 16.5. The van der Waals surface area contributed by atoms with Gasteiger partial charge in [-0.1, -0.05) is 67.6 Å². The average molecular weight is 382 g/mol. The molecule has 6 heteroatoms. The van der Waals surface area contributed by atoms with Crippen LogP contribution in [0.15, 0.2) is 60.7 Å². The Balaban J connectivity index is 2.25. The van der Waals surface area contributed by atoms with E-state index in [-0.39, 0.29) is 18.9 Å². The van der Waals surface area contributed by atoms with Gasteiger partial charge in [-0.3, -0.25) is 14.4 Å². The van der Waals surface area contributed by atoms with Crippen molar-refractivity contribution in [2.45, 2.75) is 32.2 Å². The van der Waals surface area contributed by atoms with Crippen LogP contribution in [0.25, 0.3) is 0 Å². The lowest BCUT2D eigenvalue weighted by Crippen LogP contribution is -2.50. The Morgan fingerprint density at radius 2 is 1.46 bits per heavy atom. The molecule has 2 aromatic carbocycles. The second kappa shape index (κ2) is 10.3. The van der Waals surface area contributed by atoms with Gasteiger partial charge >= 0.3 is 5.97 Å². The predicted octanol–water partition coefficient (Wildman–Crippen LogP) is 2.38. The number of benzene rings is 2. The van der Waals surface area contributed by atoms with E-state index in [1.54, 1.807) is 13.8 Å². The summed E-state index contributed by atoms with van der Waals surface area (Å²) in [6.07, 6.45) is -0.0108. The summed E-state index contributed by atoms with van der Waals surface area (Å²) in [6, 6.07) is 17.6. The van der Waals surface area contributed by atoms with E-state index >= 15 is 0 Å². The zero-order valence-corrected chi connectivity index (χ0v) is 16.1. The summed E-state index contributed by atoms with van der Waals surface area (Å²) in [4.78, 5) is 36.9. The Kier molecular flexibility index (Phi) is 7.75. The van der Waals surface area contributed by atoms with Crippen molar-refractivity contribution < 1.29 is 19.1 Å². The molecule has 3 N–H and O–H groups in total. The van der Waals surface area contributed by atoms with Crippen molar-refractivity contribution in [1.82, 2.24) is 5.32 Å². The predicted molar refractivity (Wildman–Crippen MR) is 106 cm³/mol. The minimum atomic E-state index is -0.980. The molecule has 0 aliphatic carbocycles. The standard InChI is InChI=1S/C22H26N2O4/c1-3-28-18(25)14-15(2)20(21(23)26)24-22(27)19(16-10-6-4-7-11-16)17-12-8-5-9-13-17/h4-13,15,19-20H,3,14H2,1-2H3,(H2,23,26)(H,24,27)/t15-,20+/m0/s1. The van der Waals surface area contributed by atoms with E-state index in [0.717, 1.165) is 11.1 Å². The Bertz CT molecular complexity index is 753. The highest BCUT2D eigenvalue weighted by Gasteiger charge is 2.31. The highest BCUT2D eigenvalue weighted by molar-refractivity contribution is 5.92. The molecule has 2 atom stereocenters. The summed E-state index contributed by atoms with van der Waals surface area (Å²) in [7, 11) is 0. The molecule has 2 aromatic rings. The second-order valence-corrected chi connectivity index (χ2v) is 6.63. The molecule has 0 aliphatic heterocycles. The summed E-state index contributed by atoms with van der Waals surface area (Å²) >= 11 is 0. The number of ether oxygens (including phenoxy) is 1. The summed E-state index contributed by atoms with van der Waals surface area (Å²) in [5, 5.41) is 2.74. The van der Waals surface area contributed by atoms with Gasteiger partial charge in [-0.2, -0.15) is 0 Å². The number of nitrogens with one attached hydrogen (secondary N) is 1. The quantitative estimate of drug-likeness (QED) is 0.651. The normalized spacial score (nSPS) is 12.8. The van der Waals surface area contributed by atoms with Gasteiger partial charge in [0.2, 0.25) is 11.8 Å². The SMILES string of the molecule is CCOC(=O)C[C@H](C)[C@@H](NC(=O)C(c1ccccc1)c1ccccc1)C(N)=O. The first-order valence-corrected chi connectivity index (χ1v) is 9.29. The van der Waals surface area contributed by atoms with E-state index in [1.165, 1.54) is 0 Å². The Morgan fingerprint density at radius 1 is 0.964 bits per heavy atom. The molecule has 0 saturated carbocycles. The molecule has 0 fully saturated rings. The number of nitrogens with two attached hydrogens (primary N) is 1. The second-order valence-electron chi connectivity index (χ2n) is 6.63. The molecule has 0 aromatic heterocycles. The fraction of sp³-hybridized carbons (Fsp3) is 0.318.